The molecule has 1 N–H and O–H groups in total. The maximum Gasteiger partial charge on any atom is 0.0540 e. The SMILES string of the molecule is CC(C)CN(C)CC1CCC(O)CC1. The number of aliphatic hydroxyl groups is 1. The van der Waals surface area contributed by atoms with E-state index in [1.54, 1.807) is 0 Å². The summed E-state index contributed by atoms with van der Waals surface area (Å²) in [5, 5.41) is 9.39. The van der Waals surface area contributed by atoms with Crippen molar-refractivity contribution in [3.05, 3.63) is 0 Å². The van der Waals surface area contributed by atoms with Crippen LogP contribution in [0, 0.1) is 11.8 Å². The van der Waals surface area contributed by atoms with Crippen molar-refractivity contribution < 1.29 is 5.11 Å². The zero-order chi connectivity index (χ0) is 10.6. The lowest BCUT2D eigenvalue weighted by molar-refractivity contribution is 0.0961. The van der Waals surface area contributed by atoms with E-state index >= 15 is 0 Å². The highest BCUT2D eigenvalue weighted by Crippen LogP contribution is 2.24. The molecule has 84 valence electrons. The van der Waals surface area contributed by atoms with Gasteiger partial charge >= 0.3 is 0 Å². The molecule has 0 saturated heterocycles. The average Bonchev–Trinajstić information content (AvgIpc) is 2.07. The highest BCUT2D eigenvalue weighted by atomic mass is 16.3. The van der Waals surface area contributed by atoms with Gasteiger partial charge in [-0.2, -0.15) is 0 Å². The van der Waals surface area contributed by atoms with Crippen molar-refractivity contribution in [3.63, 3.8) is 0 Å². The summed E-state index contributed by atoms with van der Waals surface area (Å²) in [5.74, 6) is 1.58. The first-order valence-electron chi connectivity index (χ1n) is 5.94. The maximum atomic E-state index is 9.39. The summed E-state index contributed by atoms with van der Waals surface area (Å²) < 4.78 is 0. The van der Waals surface area contributed by atoms with Crippen LogP contribution in [0.15, 0.2) is 0 Å². The molecule has 1 aliphatic carbocycles. The molecule has 0 heterocycles. The zero-order valence-corrected chi connectivity index (χ0v) is 9.87. The molecule has 1 saturated carbocycles. The van der Waals surface area contributed by atoms with Crippen LogP contribution in [0.25, 0.3) is 0 Å². The van der Waals surface area contributed by atoms with Crippen LogP contribution in [-0.2, 0) is 0 Å². The second kappa shape index (κ2) is 5.72. The number of aliphatic hydroxyl groups excluding tert-OH is 1. The lowest BCUT2D eigenvalue weighted by atomic mass is 9.87. The largest absolute Gasteiger partial charge is 0.393 e. The molecule has 0 atom stereocenters. The fourth-order valence-electron chi connectivity index (χ4n) is 2.47. The van der Waals surface area contributed by atoms with Gasteiger partial charge in [0.05, 0.1) is 6.10 Å². The van der Waals surface area contributed by atoms with Crippen LogP contribution in [0.4, 0.5) is 0 Å². The highest BCUT2D eigenvalue weighted by Gasteiger charge is 2.20. The van der Waals surface area contributed by atoms with Crippen LogP contribution >= 0.6 is 0 Å². The van der Waals surface area contributed by atoms with Crippen molar-refractivity contribution in [2.24, 2.45) is 11.8 Å². The molecule has 0 unspecified atom stereocenters. The number of rotatable bonds is 4. The summed E-state index contributed by atoms with van der Waals surface area (Å²) in [5.41, 5.74) is 0. The third kappa shape index (κ3) is 4.43. The average molecular weight is 199 g/mol. The van der Waals surface area contributed by atoms with Gasteiger partial charge in [-0.15, -0.1) is 0 Å². The first-order chi connectivity index (χ1) is 6.58. The Bertz CT molecular complexity index is 150. The number of hydrogen-bond acceptors (Lipinski definition) is 2. The van der Waals surface area contributed by atoms with E-state index in [0.29, 0.717) is 0 Å². The van der Waals surface area contributed by atoms with Crippen LogP contribution in [0.3, 0.4) is 0 Å². The Morgan fingerprint density at radius 2 is 1.79 bits per heavy atom. The van der Waals surface area contributed by atoms with E-state index in [4.69, 9.17) is 0 Å². The quantitative estimate of drug-likeness (QED) is 0.749. The Morgan fingerprint density at radius 1 is 1.21 bits per heavy atom. The summed E-state index contributed by atoms with van der Waals surface area (Å²) >= 11 is 0. The molecule has 1 rings (SSSR count). The summed E-state index contributed by atoms with van der Waals surface area (Å²) in [6.45, 7) is 6.94. The Kier molecular flexibility index (Phi) is 4.90. The molecule has 2 nitrogen and oxygen atoms in total. The molecule has 1 fully saturated rings. The van der Waals surface area contributed by atoms with Gasteiger partial charge in [-0.05, 0) is 44.6 Å². The van der Waals surface area contributed by atoms with Crippen molar-refractivity contribution >= 4 is 0 Å². The summed E-state index contributed by atoms with van der Waals surface area (Å²) in [6, 6.07) is 0. The van der Waals surface area contributed by atoms with E-state index < -0.39 is 0 Å². The smallest absolute Gasteiger partial charge is 0.0540 e. The van der Waals surface area contributed by atoms with E-state index in [9.17, 15) is 5.11 Å². The third-order valence-corrected chi connectivity index (χ3v) is 3.06. The van der Waals surface area contributed by atoms with Crippen molar-refractivity contribution in [3.8, 4) is 0 Å². The molecule has 1 aliphatic rings. The first-order valence-corrected chi connectivity index (χ1v) is 5.94. The van der Waals surface area contributed by atoms with Crippen molar-refractivity contribution in [2.75, 3.05) is 20.1 Å². The molecule has 0 aromatic rings. The van der Waals surface area contributed by atoms with Crippen molar-refractivity contribution in [2.45, 2.75) is 45.6 Å². The summed E-state index contributed by atoms with van der Waals surface area (Å²) in [6.07, 6.45) is 4.44. The van der Waals surface area contributed by atoms with Crippen molar-refractivity contribution in [1.29, 1.82) is 0 Å². The molecule has 0 aromatic carbocycles. The van der Waals surface area contributed by atoms with E-state index in [1.807, 2.05) is 0 Å². The topological polar surface area (TPSA) is 23.5 Å². The lowest BCUT2D eigenvalue weighted by Gasteiger charge is -2.29. The maximum absolute atomic E-state index is 9.39. The molecule has 2 heteroatoms. The Hall–Kier alpha value is -0.0800. The molecule has 14 heavy (non-hydrogen) atoms. The summed E-state index contributed by atoms with van der Waals surface area (Å²) in [7, 11) is 2.21. The normalized spacial score (nSPS) is 28.7. The van der Waals surface area contributed by atoms with Crippen LogP contribution in [0.2, 0.25) is 0 Å². The first kappa shape index (κ1) is 12.0. The molecular formula is C12H25NO. The molecule has 0 spiro atoms. The molecule has 0 bridgehead atoms. The van der Waals surface area contributed by atoms with Crippen LogP contribution in [0.1, 0.15) is 39.5 Å². The minimum absolute atomic E-state index is 0.0124. The minimum atomic E-state index is -0.0124. The van der Waals surface area contributed by atoms with Crippen LogP contribution in [-0.4, -0.2) is 36.2 Å². The standard InChI is InChI=1S/C12H25NO/c1-10(2)8-13(3)9-11-4-6-12(14)7-5-11/h10-12,14H,4-9H2,1-3H3. The Balaban J connectivity index is 2.17. The van der Waals surface area contributed by atoms with E-state index in [1.165, 1.54) is 25.9 Å². The van der Waals surface area contributed by atoms with Crippen LogP contribution in [0.5, 0.6) is 0 Å². The monoisotopic (exact) mass is 199 g/mol. The lowest BCUT2D eigenvalue weighted by Crippen LogP contribution is -2.31. The van der Waals surface area contributed by atoms with E-state index in [2.05, 4.69) is 25.8 Å². The Labute approximate surface area is 88.3 Å². The fourth-order valence-corrected chi connectivity index (χ4v) is 2.47. The van der Waals surface area contributed by atoms with Crippen LogP contribution < -0.4 is 0 Å². The van der Waals surface area contributed by atoms with Gasteiger partial charge < -0.3 is 10.0 Å². The second-order valence-electron chi connectivity index (χ2n) is 5.29. The third-order valence-electron chi connectivity index (χ3n) is 3.06. The van der Waals surface area contributed by atoms with E-state index in [0.717, 1.165) is 24.7 Å². The van der Waals surface area contributed by atoms with Gasteiger partial charge in [-0.3, -0.25) is 0 Å². The van der Waals surface area contributed by atoms with Gasteiger partial charge in [0, 0.05) is 13.1 Å². The van der Waals surface area contributed by atoms with Gasteiger partial charge in [0.2, 0.25) is 0 Å². The predicted molar refractivity (Wildman–Crippen MR) is 60.3 cm³/mol. The van der Waals surface area contributed by atoms with Crippen molar-refractivity contribution in [1.82, 2.24) is 4.90 Å². The molecule has 0 radical (unpaired) electrons. The summed E-state index contributed by atoms with van der Waals surface area (Å²) in [4.78, 5) is 2.44. The molecule has 0 aromatic heterocycles. The predicted octanol–water partition coefficient (Wildman–Crippen LogP) is 2.13. The van der Waals surface area contributed by atoms with Gasteiger partial charge in [0.1, 0.15) is 0 Å². The Morgan fingerprint density at radius 3 is 2.29 bits per heavy atom. The van der Waals surface area contributed by atoms with Gasteiger partial charge in [0.25, 0.3) is 0 Å². The highest BCUT2D eigenvalue weighted by molar-refractivity contribution is 4.73. The molecular weight excluding hydrogens is 174 g/mol. The van der Waals surface area contributed by atoms with Gasteiger partial charge in [-0.25, -0.2) is 0 Å². The molecule has 0 amide bonds. The van der Waals surface area contributed by atoms with Gasteiger partial charge in [-0.1, -0.05) is 13.8 Å². The van der Waals surface area contributed by atoms with E-state index in [-0.39, 0.29) is 6.10 Å². The number of nitrogens with zero attached hydrogens (tertiary/aromatic N) is 1. The fraction of sp³-hybridized carbons (Fsp3) is 1.00. The zero-order valence-electron chi connectivity index (χ0n) is 9.87. The minimum Gasteiger partial charge on any atom is -0.393 e. The number of hydrogen-bond donors (Lipinski definition) is 1. The second-order valence-corrected chi connectivity index (χ2v) is 5.29. The van der Waals surface area contributed by atoms with Gasteiger partial charge in [0.15, 0.2) is 0 Å². The molecule has 0 aliphatic heterocycles.